The van der Waals surface area contributed by atoms with Gasteiger partial charge < -0.3 is 9.64 Å². The zero-order valence-electron chi connectivity index (χ0n) is 16.4. The Kier molecular flexibility index (Phi) is 3.89. The maximum atomic E-state index is 12.9. The van der Waals surface area contributed by atoms with E-state index in [0.717, 1.165) is 51.2 Å². The van der Waals surface area contributed by atoms with Crippen molar-refractivity contribution in [1.82, 2.24) is 14.2 Å². The fraction of sp³-hybridized carbons (Fsp3) is 0.737. The van der Waals surface area contributed by atoms with Gasteiger partial charge in [-0.1, -0.05) is 0 Å². The van der Waals surface area contributed by atoms with Crippen molar-refractivity contribution in [2.24, 2.45) is 10.8 Å². The van der Waals surface area contributed by atoms with Crippen molar-refractivity contribution >= 4 is 10.0 Å². The van der Waals surface area contributed by atoms with E-state index in [9.17, 15) is 21.6 Å². The van der Waals surface area contributed by atoms with Gasteiger partial charge in [0.25, 0.3) is 0 Å². The average Bonchev–Trinajstić information content (AvgIpc) is 2.99. The molecule has 4 saturated heterocycles. The summed E-state index contributed by atoms with van der Waals surface area (Å²) in [5.74, 6) is 0. The van der Waals surface area contributed by atoms with Crippen LogP contribution < -0.4 is 0 Å². The van der Waals surface area contributed by atoms with Gasteiger partial charge in [-0.3, -0.25) is 0 Å². The average molecular weight is 431 g/mol. The third-order valence-corrected chi connectivity index (χ3v) is 8.80. The lowest BCUT2D eigenvalue weighted by atomic mass is 9.62. The number of hydrogen-bond donors (Lipinski definition) is 0. The monoisotopic (exact) mass is 431 g/mol. The highest BCUT2D eigenvalue weighted by Gasteiger charge is 2.62. The predicted molar refractivity (Wildman–Crippen MR) is 97.6 cm³/mol. The predicted octanol–water partition coefficient (Wildman–Crippen LogP) is 2.28. The highest BCUT2D eigenvalue weighted by molar-refractivity contribution is 7.89. The van der Waals surface area contributed by atoms with Crippen LogP contribution in [0.2, 0.25) is 0 Å². The van der Waals surface area contributed by atoms with Crippen molar-refractivity contribution in [2.75, 3.05) is 39.3 Å². The Morgan fingerprint density at radius 2 is 1.83 bits per heavy atom. The second-order valence-corrected chi connectivity index (χ2v) is 11.7. The number of rotatable bonds is 4. The van der Waals surface area contributed by atoms with Crippen molar-refractivity contribution in [1.29, 1.82) is 0 Å². The number of hydrogen-bond acceptors (Lipinski definition) is 5. The van der Waals surface area contributed by atoms with E-state index in [-0.39, 0.29) is 27.0 Å². The summed E-state index contributed by atoms with van der Waals surface area (Å²) in [6, 6.07) is 1.75. The Bertz CT molecular complexity index is 959. The first-order chi connectivity index (χ1) is 13.3. The molecule has 5 heterocycles. The fourth-order valence-corrected chi connectivity index (χ4v) is 7.73. The number of aromatic nitrogens is 1. The standard InChI is InChI=1S/C19H24F3N3O3S/c1-13-14(3-4-15(23-13)19(20,21)22)29(26,27)25-10-18(11-25)8-24(9-18)7-17-5-16(2,6-17)28-12-17/h3-4H,5-12H2,1-2H3. The van der Waals surface area contributed by atoms with Crippen LogP contribution in [0.1, 0.15) is 31.2 Å². The molecule has 0 aromatic carbocycles. The molecule has 1 spiro atoms. The first kappa shape index (κ1) is 19.7. The van der Waals surface area contributed by atoms with E-state index in [2.05, 4.69) is 16.8 Å². The molecular formula is C19H24F3N3O3S. The largest absolute Gasteiger partial charge is 0.433 e. The van der Waals surface area contributed by atoms with Crippen LogP contribution in [0.3, 0.4) is 0 Å². The summed E-state index contributed by atoms with van der Waals surface area (Å²) < 4.78 is 71.3. The quantitative estimate of drug-likeness (QED) is 0.732. The Balaban J connectivity index is 1.20. The van der Waals surface area contributed by atoms with Gasteiger partial charge in [0.2, 0.25) is 10.0 Å². The van der Waals surface area contributed by atoms with Crippen LogP contribution in [-0.4, -0.2) is 67.5 Å². The van der Waals surface area contributed by atoms with Gasteiger partial charge in [-0.25, -0.2) is 13.4 Å². The number of aryl methyl sites for hydroxylation is 1. The molecule has 29 heavy (non-hydrogen) atoms. The van der Waals surface area contributed by atoms with Crippen LogP contribution in [-0.2, 0) is 20.9 Å². The van der Waals surface area contributed by atoms with Gasteiger partial charge in [-0.2, -0.15) is 17.5 Å². The molecule has 0 amide bonds. The van der Waals surface area contributed by atoms with E-state index in [0.29, 0.717) is 13.1 Å². The molecule has 1 aromatic heterocycles. The molecule has 0 unspecified atom stereocenters. The third kappa shape index (κ3) is 3.02. The van der Waals surface area contributed by atoms with E-state index in [1.165, 1.54) is 11.2 Å². The molecule has 0 atom stereocenters. The number of sulfonamides is 1. The number of halogens is 3. The molecule has 160 valence electrons. The van der Waals surface area contributed by atoms with Crippen LogP contribution in [0, 0.1) is 17.8 Å². The van der Waals surface area contributed by atoms with E-state index >= 15 is 0 Å². The second kappa shape index (κ2) is 5.72. The summed E-state index contributed by atoms with van der Waals surface area (Å²) in [6.07, 6.45) is -2.39. The van der Waals surface area contributed by atoms with Crippen molar-refractivity contribution < 1.29 is 26.3 Å². The number of fused-ring (bicyclic) bond motifs is 1. The minimum Gasteiger partial charge on any atom is -0.375 e. The van der Waals surface area contributed by atoms with Gasteiger partial charge in [0.05, 0.1) is 17.9 Å². The summed E-state index contributed by atoms with van der Waals surface area (Å²) in [7, 11) is -3.83. The summed E-state index contributed by atoms with van der Waals surface area (Å²) >= 11 is 0. The molecule has 6 nitrogen and oxygen atoms in total. The third-order valence-electron chi connectivity index (χ3n) is 6.87. The molecule has 10 heteroatoms. The molecule has 5 aliphatic rings. The number of pyridine rings is 1. The maximum absolute atomic E-state index is 12.9. The first-order valence-corrected chi connectivity index (χ1v) is 11.2. The summed E-state index contributed by atoms with van der Waals surface area (Å²) in [5.41, 5.74) is -0.883. The van der Waals surface area contributed by atoms with Gasteiger partial charge >= 0.3 is 6.18 Å². The highest BCUT2D eigenvalue weighted by atomic mass is 32.2. The molecule has 6 rings (SSSR count). The van der Waals surface area contributed by atoms with Gasteiger partial charge in [0.1, 0.15) is 10.6 Å². The molecule has 2 bridgehead atoms. The van der Waals surface area contributed by atoms with Crippen LogP contribution in [0.15, 0.2) is 17.0 Å². The second-order valence-electron chi connectivity index (χ2n) is 9.79. The molecular weight excluding hydrogens is 407 g/mol. The van der Waals surface area contributed by atoms with E-state index in [1.54, 1.807) is 0 Å². The summed E-state index contributed by atoms with van der Waals surface area (Å²) in [4.78, 5) is 5.69. The Morgan fingerprint density at radius 3 is 2.34 bits per heavy atom. The summed E-state index contributed by atoms with van der Waals surface area (Å²) in [6.45, 7) is 7.82. The summed E-state index contributed by atoms with van der Waals surface area (Å²) in [5, 5.41) is 0. The zero-order chi connectivity index (χ0) is 20.9. The molecule has 5 fully saturated rings. The Hall–Kier alpha value is -1.23. The lowest BCUT2D eigenvalue weighted by molar-refractivity contribution is -0.141. The number of alkyl halides is 3. The molecule has 1 saturated carbocycles. The molecule has 4 aliphatic heterocycles. The fourth-order valence-electron chi connectivity index (χ4n) is 5.90. The molecule has 0 radical (unpaired) electrons. The van der Waals surface area contributed by atoms with E-state index < -0.39 is 21.9 Å². The molecule has 1 aliphatic carbocycles. The lowest BCUT2D eigenvalue weighted by Gasteiger charge is -2.61. The number of likely N-dealkylation sites (tertiary alicyclic amines) is 1. The number of nitrogens with zero attached hydrogens (tertiary/aromatic N) is 3. The lowest BCUT2D eigenvalue weighted by Crippen LogP contribution is -2.73. The Morgan fingerprint density at radius 1 is 1.17 bits per heavy atom. The van der Waals surface area contributed by atoms with Crippen LogP contribution in [0.5, 0.6) is 0 Å². The van der Waals surface area contributed by atoms with E-state index in [4.69, 9.17) is 4.74 Å². The van der Waals surface area contributed by atoms with Crippen molar-refractivity contribution in [3.8, 4) is 0 Å². The topological polar surface area (TPSA) is 62.7 Å². The van der Waals surface area contributed by atoms with Crippen molar-refractivity contribution in [3.63, 3.8) is 0 Å². The van der Waals surface area contributed by atoms with Gasteiger partial charge in [0.15, 0.2) is 0 Å². The molecule has 0 N–H and O–H groups in total. The van der Waals surface area contributed by atoms with Crippen LogP contribution in [0.4, 0.5) is 13.2 Å². The SMILES string of the molecule is Cc1nc(C(F)(F)F)ccc1S(=O)(=O)N1CC2(CN(CC34COC(C)(C3)C4)C2)C1. The Labute approximate surface area is 168 Å². The van der Waals surface area contributed by atoms with Crippen molar-refractivity contribution in [3.05, 3.63) is 23.5 Å². The maximum Gasteiger partial charge on any atom is 0.433 e. The minimum atomic E-state index is -4.59. The van der Waals surface area contributed by atoms with E-state index in [1.807, 2.05) is 0 Å². The smallest absolute Gasteiger partial charge is 0.375 e. The highest BCUT2D eigenvalue weighted by Crippen LogP contribution is 2.58. The van der Waals surface area contributed by atoms with Crippen LogP contribution >= 0.6 is 0 Å². The zero-order valence-corrected chi connectivity index (χ0v) is 17.2. The molecule has 1 aromatic rings. The van der Waals surface area contributed by atoms with Crippen LogP contribution in [0.25, 0.3) is 0 Å². The minimum absolute atomic E-state index is 0.0243. The van der Waals surface area contributed by atoms with Gasteiger partial charge in [0, 0.05) is 43.6 Å². The first-order valence-electron chi connectivity index (χ1n) is 9.75. The number of ether oxygens (including phenoxy) is 1. The normalized spacial score (nSPS) is 34.0. The van der Waals surface area contributed by atoms with Gasteiger partial charge in [-0.15, -0.1) is 0 Å². The van der Waals surface area contributed by atoms with Gasteiger partial charge in [-0.05, 0) is 38.8 Å². The van der Waals surface area contributed by atoms with Crippen molar-refractivity contribution in [2.45, 2.75) is 43.4 Å².